The first kappa shape index (κ1) is 16.7. The molecule has 1 unspecified atom stereocenters. The van der Waals surface area contributed by atoms with Gasteiger partial charge in [0.05, 0.1) is 5.69 Å². The molecule has 1 amide bonds. The van der Waals surface area contributed by atoms with Crippen molar-refractivity contribution in [3.8, 4) is 0 Å². The first-order chi connectivity index (χ1) is 11.4. The van der Waals surface area contributed by atoms with Crippen LogP contribution in [-0.4, -0.2) is 22.2 Å². The van der Waals surface area contributed by atoms with Gasteiger partial charge in [-0.25, -0.2) is 4.39 Å². The average Bonchev–Trinajstić information content (AvgIpc) is 3.10. The van der Waals surface area contributed by atoms with Crippen LogP contribution in [-0.2, 0) is 11.2 Å². The molecule has 1 aromatic heterocycles. The number of carbonyl (C=O) groups excluding carboxylic acids is 1. The van der Waals surface area contributed by atoms with Crippen LogP contribution in [0, 0.1) is 25.6 Å². The van der Waals surface area contributed by atoms with E-state index in [1.165, 1.54) is 0 Å². The maximum Gasteiger partial charge on any atom is 0.251 e. The topological polar surface area (TPSA) is 38.1 Å². The quantitative estimate of drug-likeness (QED) is 0.855. The monoisotopic (exact) mass is 329 g/mol. The predicted octanol–water partition coefficient (Wildman–Crippen LogP) is 3.82. The largest absolute Gasteiger partial charge is 0.310 e. The normalized spacial score (nSPS) is 18.0. The van der Waals surface area contributed by atoms with E-state index in [1.807, 2.05) is 12.3 Å². The first-order valence-corrected chi connectivity index (χ1v) is 8.49. The van der Waals surface area contributed by atoms with Gasteiger partial charge in [-0.2, -0.15) is 5.10 Å². The summed E-state index contributed by atoms with van der Waals surface area (Å²) in [5, 5.41) is 4.57. The molecule has 1 fully saturated rings. The molecule has 1 aliphatic rings. The number of aromatic nitrogens is 2. The molecular weight excluding hydrogens is 305 g/mol. The van der Waals surface area contributed by atoms with E-state index in [0.717, 1.165) is 24.2 Å². The molecule has 128 valence electrons. The summed E-state index contributed by atoms with van der Waals surface area (Å²) in [6, 6.07) is 5.21. The van der Waals surface area contributed by atoms with Gasteiger partial charge in [-0.1, -0.05) is 13.8 Å². The van der Waals surface area contributed by atoms with Gasteiger partial charge in [-0.3, -0.25) is 9.48 Å². The van der Waals surface area contributed by atoms with Gasteiger partial charge >= 0.3 is 0 Å². The van der Waals surface area contributed by atoms with Crippen molar-refractivity contribution in [2.24, 2.45) is 5.92 Å². The Hall–Kier alpha value is -2.17. The molecule has 0 N–H and O–H groups in total. The minimum absolute atomic E-state index is 0.0274. The van der Waals surface area contributed by atoms with Gasteiger partial charge in [0, 0.05) is 18.4 Å². The van der Waals surface area contributed by atoms with Crippen LogP contribution >= 0.6 is 0 Å². The van der Waals surface area contributed by atoms with Crippen molar-refractivity contribution in [1.29, 1.82) is 0 Å². The summed E-state index contributed by atoms with van der Waals surface area (Å²) in [5.74, 6) is 0.362. The van der Waals surface area contributed by atoms with Crippen molar-refractivity contribution in [3.05, 3.63) is 47.0 Å². The molecule has 2 aromatic rings. The highest BCUT2D eigenvalue weighted by Gasteiger charge is 2.34. The van der Waals surface area contributed by atoms with Crippen molar-refractivity contribution in [3.63, 3.8) is 0 Å². The van der Waals surface area contributed by atoms with E-state index in [2.05, 4.69) is 18.9 Å². The lowest BCUT2D eigenvalue weighted by molar-refractivity contribution is -0.120. The Morgan fingerprint density at radius 3 is 2.58 bits per heavy atom. The smallest absolute Gasteiger partial charge is 0.251 e. The lowest BCUT2D eigenvalue weighted by Crippen LogP contribution is -2.28. The maximum atomic E-state index is 13.8. The molecule has 3 rings (SSSR count). The third kappa shape index (κ3) is 3.07. The minimum Gasteiger partial charge on any atom is -0.310 e. The fraction of sp³-hybridized carbons (Fsp3) is 0.474. The Bertz CT molecular complexity index is 743. The highest BCUT2D eigenvalue weighted by Crippen LogP contribution is 2.30. The Morgan fingerprint density at radius 2 is 1.96 bits per heavy atom. The second kappa shape index (κ2) is 6.38. The highest BCUT2D eigenvalue weighted by atomic mass is 19.1. The van der Waals surface area contributed by atoms with E-state index in [9.17, 15) is 9.18 Å². The predicted molar refractivity (Wildman–Crippen MR) is 92.7 cm³/mol. The van der Waals surface area contributed by atoms with Gasteiger partial charge in [0.2, 0.25) is 0 Å². The summed E-state index contributed by atoms with van der Waals surface area (Å²) in [6.45, 7) is 8.40. The molecule has 24 heavy (non-hydrogen) atoms. The zero-order chi connectivity index (χ0) is 17.4. The Morgan fingerprint density at radius 1 is 1.29 bits per heavy atom. The molecule has 1 aromatic carbocycles. The Labute approximate surface area is 142 Å². The summed E-state index contributed by atoms with van der Waals surface area (Å²) < 4.78 is 15.6. The molecular formula is C19H24FN3O. The molecule has 0 spiro atoms. The minimum atomic E-state index is -0.267. The van der Waals surface area contributed by atoms with Crippen LogP contribution in [0.4, 0.5) is 10.1 Å². The van der Waals surface area contributed by atoms with E-state index < -0.39 is 0 Å². The second-order valence-corrected chi connectivity index (χ2v) is 7.07. The van der Waals surface area contributed by atoms with Crippen molar-refractivity contribution >= 4 is 11.6 Å². The van der Waals surface area contributed by atoms with Gasteiger partial charge in [-0.15, -0.1) is 0 Å². The number of nitrogens with zero attached hydrogens (tertiary/aromatic N) is 3. The summed E-state index contributed by atoms with van der Waals surface area (Å²) in [6.07, 6.45) is 3.52. The fourth-order valence-corrected chi connectivity index (χ4v) is 3.32. The van der Waals surface area contributed by atoms with Crippen LogP contribution in [0.5, 0.6) is 0 Å². The van der Waals surface area contributed by atoms with E-state index in [0.29, 0.717) is 23.6 Å². The average molecular weight is 329 g/mol. The standard InChI is InChI=1S/C19H24FN3O/c1-12(2)9-15-5-8-23(21-15)17-6-7-22(19(17)24)16-10-13(3)18(20)14(4)11-16/h5,8,10-12,17H,6-7,9H2,1-4H3. The van der Waals surface area contributed by atoms with Gasteiger partial charge in [0.1, 0.15) is 11.9 Å². The number of benzene rings is 1. The van der Waals surface area contributed by atoms with Gasteiger partial charge in [0.15, 0.2) is 0 Å². The molecule has 0 aliphatic carbocycles. The van der Waals surface area contributed by atoms with Gasteiger partial charge in [-0.05, 0) is 61.9 Å². The number of aryl methyl sites for hydroxylation is 2. The number of hydrogen-bond donors (Lipinski definition) is 0. The lowest BCUT2D eigenvalue weighted by Gasteiger charge is -2.18. The first-order valence-electron chi connectivity index (χ1n) is 8.49. The van der Waals surface area contributed by atoms with Crippen molar-refractivity contribution in [1.82, 2.24) is 9.78 Å². The molecule has 4 nitrogen and oxygen atoms in total. The molecule has 1 saturated heterocycles. The summed E-state index contributed by atoms with van der Waals surface area (Å²) in [5.41, 5.74) is 2.93. The number of anilines is 1. The van der Waals surface area contributed by atoms with Crippen LogP contribution in [0.2, 0.25) is 0 Å². The number of hydrogen-bond acceptors (Lipinski definition) is 2. The molecule has 0 bridgehead atoms. The third-order valence-electron chi connectivity index (χ3n) is 4.51. The fourth-order valence-electron chi connectivity index (χ4n) is 3.32. The Kier molecular flexibility index (Phi) is 4.43. The molecule has 5 heteroatoms. The molecule has 1 atom stereocenters. The van der Waals surface area contributed by atoms with Crippen LogP contribution in [0.1, 0.15) is 43.1 Å². The van der Waals surface area contributed by atoms with Gasteiger partial charge < -0.3 is 4.90 Å². The third-order valence-corrected chi connectivity index (χ3v) is 4.51. The molecule has 2 heterocycles. The zero-order valence-corrected chi connectivity index (χ0v) is 14.7. The number of carbonyl (C=O) groups is 1. The van der Waals surface area contributed by atoms with Crippen molar-refractivity contribution in [2.45, 2.75) is 46.6 Å². The van der Waals surface area contributed by atoms with Gasteiger partial charge in [0.25, 0.3) is 5.91 Å². The Balaban J connectivity index is 1.81. The molecule has 0 saturated carbocycles. The van der Waals surface area contributed by atoms with Crippen LogP contribution in [0.25, 0.3) is 0 Å². The SMILES string of the molecule is Cc1cc(N2CCC(n3ccc(CC(C)C)n3)C2=O)cc(C)c1F. The number of halogens is 1. The van der Waals surface area contributed by atoms with Crippen molar-refractivity contribution < 1.29 is 9.18 Å². The maximum absolute atomic E-state index is 13.8. The summed E-state index contributed by atoms with van der Waals surface area (Å²) in [7, 11) is 0. The number of amides is 1. The molecule has 0 radical (unpaired) electrons. The lowest BCUT2D eigenvalue weighted by atomic mass is 10.1. The highest BCUT2D eigenvalue weighted by molar-refractivity contribution is 5.98. The van der Waals surface area contributed by atoms with Crippen LogP contribution in [0.3, 0.4) is 0 Å². The second-order valence-electron chi connectivity index (χ2n) is 7.07. The van der Waals surface area contributed by atoms with Crippen LogP contribution in [0.15, 0.2) is 24.4 Å². The van der Waals surface area contributed by atoms with Crippen molar-refractivity contribution in [2.75, 3.05) is 11.4 Å². The van der Waals surface area contributed by atoms with E-state index >= 15 is 0 Å². The van der Waals surface area contributed by atoms with E-state index in [1.54, 1.807) is 35.6 Å². The summed E-state index contributed by atoms with van der Waals surface area (Å²) >= 11 is 0. The molecule has 1 aliphatic heterocycles. The van der Waals surface area contributed by atoms with E-state index in [-0.39, 0.29) is 17.8 Å². The van der Waals surface area contributed by atoms with E-state index in [4.69, 9.17) is 0 Å². The van der Waals surface area contributed by atoms with Crippen LogP contribution < -0.4 is 4.90 Å². The zero-order valence-electron chi connectivity index (χ0n) is 14.7. The summed E-state index contributed by atoms with van der Waals surface area (Å²) in [4.78, 5) is 14.6. The number of rotatable bonds is 4.